The summed E-state index contributed by atoms with van der Waals surface area (Å²) in [6.45, 7) is 0. The molecule has 1 saturated carbocycles. The van der Waals surface area contributed by atoms with Gasteiger partial charge in [-0.1, -0.05) is 83.9 Å². The number of halogens is 2. The topological polar surface area (TPSA) is 52.6 Å². The van der Waals surface area contributed by atoms with Gasteiger partial charge in [-0.25, -0.2) is 0 Å². The summed E-state index contributed by atoms with van der Waals surface area (Å²) in [5.74, 6) is -2.16. The van der Waals surface area contributed by atoms with Gasteiger partial charge in [0.25, 0.3) is 0 Å². The summed E-state index contributed by atoms with van der Waals surface area (Å²) in [7, 11) is 1.50. The van der Waals surface area contributed by atoms with E-state index in [1.165, 1.54) is 18.9 Å². The number of alkyl halides is 2. The fraction of sp³-hybridized carbons (Fsp3) is 0.333. The third-order valence-electron chi connectivity index (χ3n) is 5.22. The summed E-state index contributed by atoms with van der Waals surface area (Å²) in [4.78, 5) is 25.6. The van der Waals surface area contributed by atoms with Crippen molar-refractivity contribution in [3.8, 4) is 0 Å². The lowest BCUT2D eigenvalue weighted by Crippen LogP contribution is -2.59. The van der Waals surface area contributed by atoms with Crippen LogP contribution in [-0.2, 0) is 19.1 Å². The Bertz CT molecular complexity index is 835. The molecule has 0 unspecified atom stereocenters. The van der Waals surface area contributed by atoms with Crippen LogP contribution in [0.2, 0.25) is 0 Å². The zero-order chi connectivity index (χ0) is 19.9. The van der Waals surface area contributed by atoms with E-state index in [4.69, 9.17) is 32.7 Å². The van der Waals surface area contributed by atoms with E-state index in [0.29, 0.717) is 0 Å². The maximum absolute atomic E-state index is 13.2. The van der Waals surface area contributed by atoms with Gasteiger partial charge in [0.2, 0.25) is 0 Å². The highest BCUT2D eigenvalue weighted by molar-refractivity contribution is 8.01. The molecule has 1 aliphatic carbocycles. The number of benzene rings is 2. The first-order chi connectivity index (χ1) is 13.4. The second-order valence-corrected chi connectivity index (χ2v) is 9.47. The highest BCUT2D eigenvalue weighted by Gasteiger charge is 2.70. The van der Waals surface area contributed by atoms with E-state index in [2.05, 4.69) is 0 Å². The monoisotopic (exact) mass is 436 g/mol. The molecular weight excluding hydrogens is 419 g/mol. The number of carbonyl (C=O) groups excluding carboxylic acids is 2. The SMILES string of the molecule is CO[C@@H]1S[C@H]2[C@H](C(=O)C2(Cl)Cl)[C@H]1C(=O)OC(c1ccccc1)c1ccccc1. The van der Waals surface area contributed by atoms with Crippen LogP contribution in [0.15, 0.2) is 60.7 Å². The van der Waals surface area contributed by atoms with Crippen molar-refractivity contribution in [3.63, 3.8) is 0 Å². The first kappa shape index (κ1) is 19.8. The average molecular weight is 437 g/mol. The summed E-state index contributed by atoms with van der Waals surface area (Å²) in [5.41, 5.74) is 1.17. The average Bonchev–Trinajstić information content (AvgIpc) is 3.11. The summed E-state index contributed by atoms with van der Waals surface area (Å²) < 4.78 is 9.92. The van der Waals surface area contributed by atoms with Crippen molar-refractivity contribution >= 4 is 46.7 Å². The van der Waals surface area contributed by atoms with Crippen LogP contribution in [0.5, 0.6) is 0 Å². The Morgan fingerprint density at radius 2 is 1.57 bits per heavy atom. The van der Waals surface area contributed by atoms with E-state index in [-0.39, 0.29) is 11.0 Å². The molecule has 2 fully saturated rings. The first-order valence-electron chi connectivity index (χ1n) is 8.86. The minimum Gasteiger partial charge on any atom is -0.452 e. The molecular formula is C21H18Cl2O4S. The summed E-state index contributed by atoms with van der Waals surface area (Å²) in [6, 6.07) is 19.0. The Kier molecular flexibility index (Phi) is 5.45. The van der Waals surface area contributed by atoms with Crippen LogP contribution in [0.4, 0.5) is 0 Å². The zero-order valence-corrected chi connectivity index (χ0v) is 17.3. The van der Waals surface area contributed by atoms with Crippen molar-refractivity contribution < 1.29 is 19.1 Å². The van der Waals surface area contributed by atoms with Crippen LogP contribution in [0, 0.1) is 11.8 Å². The predicted octanol–water partition coefficient (Wildman–Crippen LogP) is 4.40. The summed E-state index contributed by atoms with van der Waals surface area (Å²) in [5, 5.41) is -0.377. The smallest absolute Gasteiger partial charge is 0.314 e. The molecule has 146 valence electrons. The molecule has 0 spiro atoms. The van der Waals surface area contributed by atoms with E-state index in [0.717, 1.165) is 11.1 Å². The Hall–Kier alpha value is -1.53. The van der Waals surface area contributed by atoms with Gasteiger partial charge in [-0.2, -0.15) is 0 Å². The molecule has 28 heavy (non-hydrogen) atoms. The van der Waals surface area contributed by atoms with Gasteiger partial charge in [0.05, 0.1) is 11.2 Å². The van der Waals surface area contributed by atoms with Gasteiger partial charge in [-0.05, 0) is 11.1 Å². The van der Waals surface area contributed by atoms with Crippen molar-refractivity contribution in [1.82, 2.24) is 0 Å². The molecule has 2 aromatic rings. The number of esters is 1. The number of hydrogen-bond acceptors (Lipinski definition) is 5. The Labute approximate surface area is 177 Å². The molecule has 1 aliphatic heterocycles. The maximum Gasteiger partial charge on any atom is 0.314 e. The van der Waals surface area contributed by atoms with E-state index < -0.39 is 33.7 Å². The first-order valence-corrected chi connectivity index (χ1v) is 10.6. The van der Waals surface area contributed by atoms with Crippen molar-refractivity contribution in [2.75, 3.05) is 7.11 Å². The van der Waals surface area contributed by atoms with Crippen LogP contribution < -0.4 is 0 Å². The molecule has 7 heteroatoms. The van der Waals surface area contributed by atoms with Crippen molar-refractivity contribution in [2.24, 2.45) is 11.8 Å². The fourth-order valence-electron chi connectivity index (χ4n) is 3.79. The number of Topliss-reactive ketones (excluding diaryl/α,β-unsaturated/α-hetero) is 1. The largest absolute Gasteiger partial charge is 0.452 e. The number of carbonyl (C=O) groups is 2. The normalized spacial score (nSPS) is 27.9. The Balaban J connectivity index is 1.62. The van der Waals surface area contributed by atoms with Gasteiger partial charge >= 0.3 is 5.97 Å². The Morgan fingerprint density at radius 1 is 1.04 bits per heavy atom. The number of methoxy groups -OCH3 is 1. The number of fused-ring (bicyclic) bond motifs is 1. The third kappa shape index (κ3) is 3.24. The molecule has 2 aliphatic rings. The maximum atomic E-state index is 13.2. The van der Waals surface area contributed by atoms with Gasteiger partial charge in [-0.15, -0.1) is 11.8 Å². The van der Waals surface area contributed by atoms with Crippen LogP contribution in [0.3, 0.4) is 0 Å². The molecule has 0 amide bonds. The molecule has 0 aromatic heterocycles. The highest BCUT2D eigenvalue weighted by Crippen LogP contribution is 2.61. The molecule has 4 nitrogen and oxygen atoms in total. The molecule has 0 bridgehead atoms. The second-order valence-electron chi connectivity index (χ2n) is 6.84. The van der Waals surface area contributed by atoms with E-state index in [1.807, 2.05) is 60.7 Å². The third-order valence-corrected chi connectivity index (χ3v) is 8.01. The van der Waals surface area contributed by atoms with Gasteiger partial charge in [0.15, 0.2) is 16.2 Å². The molecule has 1 heterocycles. The standard InChI is InChI=1S/C21H18Cl2O4S/c1-26-20-15(14-17(24)21(22,23)18(14)28-20)19(25)27-16(12-8-4-2-5-9-12)13-10-6-3-7-11-13/h2-11,14-16,18,20H,1H3/t14-,15-,18-,20+/m0/s1. The van der Waals surface area contributed by atoms with E-state index in [9.17, 15) is 9.59 Å². The minimum absolute atomic E-state index is 0.342. The van der Waals surface area contributed by atoms with Crippen LogP contribution >= 0.6 is 35.0 Å². The number of ketones is 1. The molecule has 1 saturated heterocycles. The van der Waals surface area contributed by atoms with Crippen LogP contribution in [0.1, 0.15) is 17.2 Å². The number of thioether (sulfide) groups is 1. The van der Waals surface area contributed by atoms with E-state index >= 15 is 0 Å². The van der Waals surface area contributed by atoms with Gasteiger partial charge < -0.3 is 9.47 Å². The molecule has 4 atom stereocenters. The van der Waals surface area contributed by atoms with Gasteiger partial charge in [0, 0.05) is 7.11 Å². The predicted molar refractivity (Wildman–Crippen MR) is 109 cm³/mol. The number of rotatable bonds is 5. The van der Waals surface area contributed by atoms with Crippen molar-refractivity contribution in [3.05, 3.63) is 71.8 Å². The minimum atomic E-state index is -1.47. The van der Waals surface area contributed by atoms with Crippen LogP contribution in [-0.4, -0.2) is 33.9 Å². The zero-order valence-electron chi connectivity index (χ0n) is 15.0. The lowest BCUT2D eigenvalue weighted by molar-refractivity contribution is -0.161. The van der Waals surface area contributed by atoms with Crippen LogP contribution in [0.25, 0.3) is 0 Å². The van der Waals surface area contributed by atoms with E-state index in [1.54, 1.807) is 0 Å². The van der Waals surface area contributed by atoms with Gasteiger partial charge in [0.1, 0.15) is 11.4 Å². The number of hydrogen-bond donors (Lipinski definition) is 0. The lowest BCUT2D eigenvalue weighted by atomic mass is 9.73. The van der Waals surface area contributed by atoms with Crippen molar-refractivity contribution in [2.45, 2.75) is 21.1 Å². The van der Waals surface area contributed by atoms with Crippen molar-refractivity contribution in [1.29, 1.82) is 0 Å². The lowest BCUT2D eigenvalue weighted by Gasteiger charge is -2.41. The second kappa shape index (κ2) is 7.71. The fourth-order valence-corrected chi connectivity index (χ4v) is 6.22. The molecule has 4 rings (SSSR count). The Morgan fingerprint density at radius 3 is 2.07 bits per heavy atom. The summed E-state index contributed by atoms with van der Waals surface area (Å²) >= 11 is 13.6. The quantitative estimate of drug-likeness (QED) is 0.513. The highest BCUT2D eigenvalue weighted by atomic mass is 35.5. The molecule has 2 aromatic carbocycles. The van der Waals surface area contributed by atoms with Gasteiger partial charge in [-0.3, -0.25) is 9.59 Å². The molecule has 0 N–H and O–H groups in total. The summed E-state index contributed by atoms with van der Waals surface area (Å²) in [6.07, 6.45) is -0.580. The number of ether oxygens (including phenoxy) is 2. The molecule has 0 radical (unpaired) electrons.